The number of rotatable bonds is 6. The molecule has 0 amide bonds. The molecule has 0 radical (unpaired) electrons. The number of halogens is 1. The number of aromatic nitrogens is 4. The van der Waals surface area contributed by atoms with Gasteiger partial charge in [0.25, 0.3) is 0 Å². The number of benzene rings is 3. The summed E-state index contributed by atoms with van der Waals surface area (Å²) in [5.41, 5.74) is 5.68. The zero-order valence-corrected chi connectivity index (χ0v) is 17.2. The van der Waals surface area contributed by atoms with Crippen molar-refractivity contribution in [1.29, 1.82) is 0 Å². The third-order valence-corrected chi connectivity index (χ3v) is 5.51. The minimum Gasteiger partial charge on any atom is -0.156 e. The molecule has 0 bridgehead atoms. The van der Waals surface area contributed by atoms with Crippen LogP contribution in [0.15, 0.2) is 78.9 Å². The van der Waals surface area contributed by atoms with Crippen LogP contribution in [0.2, 0.25) is 0 Å². The number of tetrazole rings is 1. The van der Waals surface area contributed by atoms with Gasteiger partial charge >= 0.3 is 0 Å². The minimum atomic E-state index is 0.0767. The van der Waals surface area contributed by atoms with Crippen molar-refractivity contribution in [3.05, 3.63) is 90.0 Å². The summed E-state index contributed by atoms with van der Waals surface area (Å²) in [6, 6.07) is 27.2. The molecule has 5 heteroatoms. The molecule has 1 aromatic heterocycles. The molecule has 4 rings (SSSR count). The van der Waals surface area contributed by atoms with E-state index in [4.69, 9.17) is 5.10 Å². The van der Waals surface area contributed by atoms with Crippen LogP contribution in [-0.4, -0.2) is 20.2 Å². The molecule has 0 fully saturated rings. The van der Waals surface area contributed by atoms with E-state index in [9.17, 15) is 0 Å². The quantitative estimate of drug-likeness (QED) is 0.356. The van der Waals surface area contributed by atoms with Crippen LogP contribution in [0, 0.1) is 0 Å². The predicted molar refractivity (Wildman–Crippen MR) is 116 cm³/mol. The van der Waals surface area contributed by atoms with Crippen LogP contribution in [0.25, 0.3) is 22.5 Å². The number of nitrogens with zero attached hydrogens (tertiary/aromatic N) is 4. The van der Waals surface area contributed by atoms with Gasteiger partial charge in [0.15, 0.2) is 0 Å². The third kappa shape index (κ3) is 3.76. The average Bonchev–Trinajstić information content (AvgIpc) is 3.25. The molecule has 0 spiro atoms. The summed E-state index contributed by atoms with van der Waals surface area (Å²) in [5, 5.41) is 14.3. The van der Waals surface area contributed by atoms with Gasteiger partial charge in [0, 0.05) is 10.9 Å². The highest BCUT2D eigenvalue weighted by molar-refractivity contribution is 9.08. The summed E-state index contributed by atoms with van der Waals surface area (Å²) in [7, 11) is 0. The third-order valence-electron chi connectivity index (χ3n) is 4.87. The average molecular weight is 433 g/mol. The molecule has 0 aliphatic heterocycles. The Balaban J connectivity index is 1.71. The van der Waals surface area contributed by atoms with Crippen LogP contribution in [0.3, 0.4) is 0 Å². The molecule has 4 nitrogen and oxygen atoms in total. The van der Waals surface area contributed by atoms with Gasteiger partial charge in [-0.2, -0.15) is 4.80 Å². The Hall–Kier alpha value is -2.79. The molecule has 0 saturated carbocycles. The zero-order chi connectivity index (χ0) is 19.3. The van der Waals surface area contributed by atoms with Crippen LogP contribution >= 0.6 is 15.9 Å². The summed E-state index contributed by atoms with van der Waals surface area (Å²) in [4.78, 5) is 1.73. The largest absolute Gasteiger partial charge is 0.205 e. The molecule has 0 aliphatic rings. The van der Waals surface area contributed by atoms with E-state index in [1.807, 2.05) is 30.3 Å². The zero-order valence-electron chi connectivity index (χ0n) is 15.7. The van der Waals surface area contributed by atoms with Crippen molar-refractivity contribution < 1.29 is 0 Å². The Labute approximate surface area is 173 Å². The van der Waals surface area contributed by atoms with Crippen molar-refractivity contribution in [1.82, 2.24) is 20.2 Å². The first kappa shape index (κ1) is 18.6. The number of hydrogen-bond acceptors (Lipinski definition) is 3. The smallest absolute Gasteiger partial charge is 0.156 e. The molecule has 1 heterocycles. The maximum absolute atomic E-state index is 4.73. The second kappa shape index (κ2) is 8.48. The van der Waals surface area contributed by atoms with Gasteiger partial charge in [-0.05, 0) is 33.9 Å². The van der Waals surface area contributed by atoms with Gasteiger partial charge < -0.3 is 0 Å². The van der Waals surface area contributed by atoms with Crippen LogP contribution < -0.4 is 0 Å². The Morgan fingerprint density at radius 3 is 2.21 bits per heavy atom. The Morgan fingerprint density at radius 1 is 0.857 bits per heavy atom. The van der Waals surface area contributed by atoms with Crippen molar-refractivity contribution >= 4 is 15.9 Å². The highest BCUT2D eigenvalue weighted by Crippen LogP contribution is 2.31. The highest BCUT2D eigenvalue weighted by Gasteiger charge is 2.17. The van der Waals surface area contributed by atoms with E-state index in [1.165, 1.54) is 11.1 Å². The number of alkyl halides is 1. The van der Waals surface area contributed by atoms with Gasteiger partial charge in [0.05, 0.1) is 6.04 Å². The summed E-state index contributed by atoms with van der Waals surface area (Å²) in [6.45, 7) is 2.14. The lowest BCUT2D eigenvalue weighted by atomic mass is 9.98. The molecule has 3 aromatic carbocycles. The topological polar surface area (TPSA) is 43.6 Å². The SMILES string of the molecule is CCC(c1ccccc1)n1nnc(-c2ccccc2-c2ccc(CBr)cc2)n1. The van der Waals surface area contributed by atoms with Gasteiger partial charge in [-0.25, -0.2) is 0 Å². The van der Waals surface area contributed by atoms with E-state index < -0.39 is 0 Å². The fourth-order valence-corrected chi connectivity index (χ4v) is 3.75. The normalized spacial score (nSPS) is 12.1. The summed E-state index contributed by atoms with van der Waals surface area (Å²) in [6.07, 6.45) is 0.898. The Morgan fingerprint density at radius 2 is 1.54 bits per heavy atom. The maximum Gasteiger partial charge on any atom is 0.205 e. The van der Waals surface area contributed by atoms with Crippen LogP contribution in [-0.2, 0) is 5.33 Å². The monoisotopic (exact) mass is 432 g/mol. The van der Waals surface area contributed by atoms with E-state index in [-0.39, 0.29) is 6.04 Å². The molecule has 4 aromatic rings. The predicted octanol–water partition coefficient (Wildman–Crippen LogP) is 5.90. The van der Waals surface area contributed by atoms with Gasteiger partial charge in [-0.1, -0.05) is 102 Å². The van der Waals surface area contributed by atoms with Crippen LogP contribution in [0.4, 0.5) is 0 Å². The lowest BCUT2D eigenvalue weighted by molar-refractivity contribution is 0.440. The van der Waals surface area contributed by atoms with Gasteiger partial charge in [-0.15, -0.1) is 10.2 Å². The minimum absolute atomic E-state index is 0.0767. The molecule has 0 N–H and O–H groups in total. The lowest BCUT2D eigenvalue weighted by Gasteiger charge is -2.13. The van der Waals surface area contributed by atoms with E-state index in [0.29, 0.717) is 5.82 Å². The summed E-state index contributed by atoms with van der Waals surface area (Å²) < 4.78 is 0. The molecule has 140 valence electrons. The molecule has 28 heavy (non-hydrogen) atoms. The summed E-state index contributed by atoms with van der Waals surface area (Å²) in [5.74, 6) is 0.648. The molecule has 0 saturated heterocycles. The molecular weight excluding hydrogens is 412 g/mol. The fraction of sp³-hybridized carbons (Fsp3) is 0.174. The molecular formula is C23H21BrN4. The standard InChI is InChI=1S/C23H21BrN4/c1-2-22(19-8-4-3-5-9-19)28-26-23(25-27-28)21-11-7-6-10-20(21)18-14-12-17(16-24)13-15-18/h3-15,22H,2,16H2,1H3. The van der Waals surface area contributed by atoms with Crippen molar-refractivity contribution in [2.24, 2.45) is 0 Å². The van der Waals surface area contributed by atoms with E-state index in [1.54, 1.807) is 4.80 Å². The first-order valence-corrected chi connectivity index (χ1v) is 10.5. The Bertz CT molecular complexity index is 1040. The van der Waals surface area contributed by atoms with Gasteiger partial charge in [-0.3, -0.25) is 0 Å². The second-order valence-electron chi connectivity index (χ2n) is 6.64. The Kier molecular flexibility index (Phi) is 5.63. The van der Waals surface area contributed by atoms with Gasteiger partial charge in [0.1, 0.15) is 0 Å². The van der Waals surface area contributed by atoms with Crippen molar-refractivity contribution in [3.63, 3.8) is 0 Å². The molecule has 1 atom stereocenters. The first-order chi connectivity index (χ1) is 13.8. The van der Waals surface area contributed by atoms with Crippen LogP contribution in [0.5, 0.6) is 0 Å². The van der Waals surface area contributed by atoms with Crippen LogP contribution in [0.1, 0.15) is 30.5 Å². The maximum atomic E-state index is 4.73. The lowest BCUT2D eigenvalue weighted by Crippen LogP contribution is -2.13. The van der Waals surface area contributed by atoms with E-state index in [2.05, 4.69) is 81.7 Å². The second-order valence-corrected chi connectivity index (χ2v) is 7.21. The van der Waals surface area contributed by atoms with Gasteiger partial charge in [0.2, 0.25) is 5.82 Å². The fourth-order valence-electron chi connectivity index (χ4n) is 3.38. The van der Waals surface area contributed by atoms with E-state index >= 15 is 0 Å². The molecule has 1 unspecified atom stereocenters. The van der Waals surface area contributed by atoms with E-state index in [0.717, 1.165) is 28.4 Å². The first-order valence-electron chi connectivity index (χ1n) is 9.39. The van der Waals surface area contributed by atoms with Crippen molar-refractivity contribution in [2.75, 3.05) is 0 Å². The van der Waals surface area contributed by atoms with Crippen molar-refractivity contribution in [2.45, 2.75) is 24.7 Å². The highest BCUT2D eigenvalue weighted by atomic mass is 79.9. The summed E-state index contributed by atoms with van der Waals surface area (Å²) >= 11 is 3.50. The molecule has 0 aliphatic carbocycles. The number of hydrogen-bond donors (Lipinski definition) is 0. The van der Waals surface area contributed by atoms with Crippen molar-refractivity contribution in [3.8, 4) is 22.5 Å².